The summed E-state index contributed by atoms with van der Waals surface area (Å²) in [5.74, 6) is 0.535. The number of hydrogen-bond acceptors (Lipinski definition) is 3. The molecule has 3 aromatic rings. The van der Waals surface area contributed by atoms with Gasteiger partial charge < -0.3 is 14.6 Å². The van der Waals surface area contributed by atoms with E-state index in [2.05, 4.69) is 4.98 Å². The molecule has 134 valence electrons. The first kappa shape index (κ1) is 18.0. The fraction of sp³-hybridized carbons (Fsp3) is 0.200. The SMILES string of the molecule is CCN(Cc1cc2ccc(OC)cc2[nH]c1=O)C(=O)c1ccc(Cl)cc1. The molecule has 0 unspecified atom stereocenters. The topological polar surface area (TPSA) is 62.4 Å². The van der Waals surface area contributed by atoms with Gasteiger partial charge in [0.25, 0.3) is 11.5 Å². The highest BCUT2D eigenvalue weighted by atomic mass is 35.5. The lowest BCUT2D eigenvalue weighted by Gasteiger charge is -2.21. The van der Waals surface area contributed by atoms with Gasteiger partial charge in [-0.25, -0.2) is 0 Å². The number of amides is 1. The smallest absolute Gasteiger partial charge is 0.254 e. The molecular weight excluding hydrogens is 352 g/mol. The summed E-state index contributed by atoms with van der Waals surface area (Å²) in [6.45, 7) is 2.60. The number of aromatic amines is 1. The van der Waals surface area contributed by atoms with Crippen molar-refractivity contribution >= 4 is 28.4 Å². The molecule has 0 spiro atoms. The number of fused-ring (bicyclic) bond motifs is 1. The maximum atomic E-state index is 12.7. The van der Waals surface area contributed by atoms with Crippen LogP contribution in [0, 0.1) is 0 Å². The summed E-state index contributed by atoms with van der Waals surface area (Å²) in [5, 5.41) is 1.46. The normalized spacial score (nSPS) is 10.7. The number of pyridine rings is 1. The molecule has 0 radical (unpaired) electrons. The number of methoxy groups -OCH3 is 1. The highest BCUT2D eigenvalue weighted by Gasteiger charge is 2.16. The number of ether oxygens (including phenoxy) is 1. The van der Waals surface area contributed by atoms with Crippen LogP contribution in [0.15, 0.2) is 53.3 Å². The zero-order chi connectivity index (χ0) is 18.7. The van der Waals surface area contributed by atoms with Crippen LogP contribution in [-0.2, 0) is 6.54 Å². The first-order valence-corrected chi connectivity index (χ1v) is 8.64. The number of H-pyrrole nitrogens is 1. The predicted octanol–water partition coefficient (Wildman–Crippen LogP) is 3.85. The third-order valence-electron chi connectivity index (χ3n) is 4.25. The maximum Gasteiger partial charge on any atom is 0.254 e. The predicted molar refractivity (Wildman–Crippen MR) is 103 cm³/mol. The fourth-order valence-electron chi connectivity index (χ4n) is 2.78. The summed E-state index contributed by atoms with van der Waals surface area (Å²) in [6.07, 6.45) is 0. The molecule has 0 saturated carbocycles. The van der Waals surface area contributed by atoms with E-state index in [1.165, 1.54) is 0 Å². The van der Waals surface area contributed by atoms with Crippen LogP contribution in [0.5, 0.6) is 5.75 Å². The van der Waals surface area contributed by atoms with Crippen molar-refractivity contribution < 1.29 is 9.53 Å². The van der Waals surface area contributed by atoms with Gasteiger partial charge in [-0.1, -0.05) is 11.6 Å². The van der Waals surface area contributed by atoms with Crippen molar-refractivity contribution in [1.82, 2.24) is 9.88 Å². The van der Waals surface area contributed by atoms with Crippen LogP contribution in [-0.4, -0.2) is 29.4 Å². The van der Waals surface area contributed by atoms with E-state index in [0.29, 0.717) is 34.0 Å². The minimum absolute atomic E-state index is 0.140. The molecule has 1 amide bonds. The number of rotatable bonds is 5. The van der Waals surface area contributed by atoms with Crippen molar-refractivity contribution in [3.8, 4) is 5.75 Å². The third-order valence-corrected chi connectivity index (χ3v) is 4.50. The second-order valence-corrected chi connectivity index (χ2v) is 6.34. The molecule has 6 heteroatoms. The van der Waals surface area contributed by atoms with E-state index in [9.17, 15) is 9.59 Å². The molecule has 1 aromatic heterocycles. The molecular formula is C20H19ClN2O3. The zero-order valence-electron chi connectivity index (χ0n) is 14.6. The van der Waals surface area contributed by atoms with Crippen molar-refractivity contribution in [2.45, 2.75) is 13.5 Å². The fourth-order valence-corrected chi connectivity index (χ4v) is 2.90. The Kier molecular flexibility index (Phi) is 5.28. The van der Waals surface area contributed by atoms with E-state index in [1.54, 1.807) is 42.3 Å². The highest BCUT2D eigenvalue weighted by molar-refractivity contribution is 6.30. The Labute approximate surface area is 156 Å². The van der Waals surface area contributed by atoms with Crippen LogP contribution in [0.25, 0.3) is 10.9 Å². The summed E-state index contributed by atoms with van der Waals surface area (Å²) in [7, 11) is 1.58. The van der Waals surface area contributed by atoms with Gasteiger partial charge in [-0.2, -0.15) is 0 Å². The summed E-state index contributed by atoms with van der Waals surface area (Å²) in [4.78, 5) is 29.6. The molecule has 0 fully saturated rings. The number of carbonyl (C=O) groups excluding carboxylic acids is 1. The largest absolute Gasteiger partial charge is 0.497 e. The van der Waals surface area contributed by atoms with Gasteiger partial charge in [0.1, 0.15) is 5.75 Å². The molecule has 26 heavy (non-hydrogen) atoms. The summed E-state index contributed by atoms with van der Waals surface area (Å²) < 4.78 is 5.18. The molecule has 1 N–H and O–H groups in total. The average molecular weight is 371 g/mol. The molecule has 5 nitrogen and oxygen atoms in total. The molecule has 3 rings (SSSR count). The molecule has 0 bridgehead atoms. The van der Waals surface area contributed by atoms with Crippen LogP contribution in [0.2, 0.25) is 5.02 Å². The van der Waals surface area contributed by atoms with Crippen LogP contribution in [0.1, 0.15) is 22.8 Å². The van der Waals surface area contributed by atoms with Gasteiger partial charge in [0.15, 0.2) is 0 Å². The van der Waals surface area contributed by atoms with Gasteiger partial charge >= 0.3 is 0 Å². The van der Waals surface area contributed by atoms with Crippen molar-refractivity contribution in [3.63, 3.8) is 0 Å². The summed E-state index contributed by atoms with van der Waals surface area (Å²) in [6, 6.07) is 14.0. The lowest BCUT2D eigenvalue weighted by Crippen LogP contribution is -2.32. The van der Waals surface area contributed by atoms with Crippen molar-refractivity contribution in [3.05, 3.63) is 75.0 Å². The Bertz CT molecular complexity index is 996. The molecule has 1 heterocycles. The highest BCUT2D eigenvalue weighted by Crippen LogP contribution is 2.19. The molecule has 0 atom stereocenters. The summed E-state index contributed by atoms with van der Waals surface area (Å²) in [5.41, 5.74) is 1.56. The van der Waals surface area contributed by atoms with E-state index in [0.717, 1.165) is 5.39 Å². The van der Waals surface area contributed by atoms with Crippen LogP contribution in [0.4, 0.5) is 0 Å². The number of nitrogens with zero attached hydrogens (tertiary/aromatic N) is 1. The quantitative estimate of drug-likeness (QED) is 0.742. The van der Waals surface area contributed by atoms with Crippen LogP contribution >= 0.6 is 11.6 Å². The zero-order valence-corrected chi connectivity index (χ0v) is 15.3. The standard InChI is InChI=1S/C20H19ClN2O3/c1-3-23(20(25)13-4-7-16(21)8-5-13)12-15-10-14-6-9-17(26-2)11-18(14)22-19(15)24/h4-11H,3,12H2,1-2H3,(H,22,24). The Morgan fingerprint density at radius 1 is 1.15 bits per heavy atom. The lowest BCUT2D eigenvalue weighted by molar-refractivity contribution is 0.0752. The Hall–Kier alpha value is -2.79. The second-order valence-electron chi connectivity index (χ2n) is 5.90. The lowest BCUT2D eigenvalue weighted by atomic mass is 10.1. The minimum atomic E-state index is -0.215. The third kappa shape index (κ3) is 3.73. The van der Waals surface area contributed by atoms with Gasteiger partial charge in [0, 0.05) is 28.8 Å². The van der Waals surface area contributed by atoms with Crippen LogP contribution in [0.3, 0.4) is 0 Å². The number of halogens is 1. The van der Waals surface area contributed by atoms with E-state index in [4.69, 9.17) is 16.3 Å². The number of aromatic nitrogens is 1. The van der Waals surface area contributed by atoms with E-state index >= 15 is 0 Å². The van der Waals surface area contributed by atoms with Crippen molar-refractivity contribution in [2.75, 3.05) is 13.7 Å². The van der Waals surface area contributed by atoms with Gasteiger partial charge in [-0.05, 0) is 54.8 Å². The Morgan fingerprint density at radius 2 is 1.88 bits per heavy atom. The van der Waals surface area contributed by atoms with Crippen molar-refractivity contribution in [1.29, 1.82) is 0 Å². The first-order valence-electron chi connectivity index (χ1n) is 8.26. The molecule has 2 aromatic carbocycles. The number of carbonyl (C=O) groups is 1. The second kappa shape index (κ2) is 7.62. The van der Waals surface area contributed by atoms with Crippen LogP contribution < -0.4 is 10.3 Å². The van der Waals surface area contributed by atoms with E-state index in [1.807, 2.05) is 25.1 Å². The Balaban J connectivity index is 1.90. The van der Waals surface area contributed by atoms with E-state index in [-0.39, 0.29) is 18.0 Å². The molecule has 0 aliphatic heterocycles. The number of benzene rings is 2. The first-order chi connectivity index (χ1) is 12.5. The average Bonchev–Trinajstić information content (AvgIpc) is 2.66. The molecule has 0 aliphatic carbocycles. The van der Waals surface area contributed by atoms with Gasteiger partial charge in [-0.3, -0.25) is 9.59 Å². The summed E-state index contributed by atoms with van der Waals surface area (Å²) >= 11 is 5.88. The van der Waals surface area contributed by atoms with Gasteiger partial charge in [0.05, 0.1) is 19.2 Å². The van der Waals surface area contributed by atoms with Gasteiger partial charge in [-0.15, -0.1) is 0 Å². The maximum absolute atomic E-state index is 12.7. The number of nitrogens with one attached hydrogen (secondary N) is 1. The molecule has 0 saturated heterocycles. The number of hydrogen-bond donors (Lipinski definition) is 1. The van der Waals surface area contributed by atoms with Crippen molar-refractivity contribution in [2.24, 2.45) is 0 Å². The van der Waals surface area contributed by atoms with E-state index < -0.39 is 0 Å². The molecule has 0 aliphatic rings. The Morgan fingerprint density at radius 3 is 2.54 bits per heavy atom. The van der Waals surface area contributed by atoms with Gasteiger partial charge in [0.2, 0.25) is 0 Å². The minimum Gasteiger partial charge on any atom is -0.497 e. The monoisotopic (exact) mass is 370 g/mol.